The third-order valence-electron chi connectivity index (χ3n) is 4.03. The average Bonchev–Trinajstić information content (AvgIpc) is 2.71. The lowest BCUT2D eigenvalue weighted by Crippen LogP contribution is -1.75. The van der Waals surface area contributed by atoms with Gasteiger partial charge in [-0.15, -0.1) is 0 Å². The molecule has 0 fully saturated rings. The largest absolute Gasteiger partial charge is 0.508 e. The van der Waals surface area contributed by atoms with Crippen LogP contribution in [-0.2, 0) is 19.3 Å². The molecule has 27 heavy (non-hydrogen) atoms. The van der Waals surface area contributed by atoms with Gasteiger partial charge in [-0.05, 0) is 72.4 Å². The highest BCUT2D eigenvalue weighted by Crippen LogP contribution is 2.10. The number of phenolic OH excluding ortho intramolecular Hbond substituents is 3. The van der Waals surface area contributed by atoms with Crippen LogP contribution in [0.2, 0.25) is 0 Å². The van der Waals surface area contributed by atoms with Gasteiger partial charge in [0.2, 0.25) is 0 Å². The van der Waals surface area contributed by atoms with Crippen molar-refractivity contribution in [2.75, 3.05) is 0 Å². The van der Waals surface area contributed by atoms with Crippen molar-refractivity contribution in [3.63, 3.8) is 0 Å². The second-order valence-electron chi connectivity index (χ2n) is 6.06. The van der Waals surface area contributed by atoms with E-state index in [1.54, 1.807) is 36.4 Å². The van der Waals surface area contributed by atoms with Gasteiger partial charge in [-0.25, -0.2) is 0 Å². The molecule has 0 radical (unpaired) electrons. The molecule has 0 aromatic heterocycles. The second kappa shape index (κ2) is 12.4. The topological polar surface area (TPSA) is 60.7 Å². The summed E-state index contributed by atoms with van der Waals surface area (Å²) in [4.78, 5) is 0. The summed E-state index contributed by atoms with van der Waals surface area (Å²) < 4.78 is 0. The summed E-state index contributed by atoms with van der Waals surface area (Å²) >= 11 is 0. The standard InChI is InChI=1S/3C8H10O/c3*1-2-7-3-5-8(9)6-4-7/h3*3-6,9H,2H2,1H3. The van der Waals surface area contributed by atoms with Crippen LogP contribution in [0.5, 0.6) is 17.2 Å². The number of aromatic hydroxyl groups is 3. The molecule has 0 aliphatic heterocycles. The molecule has 0 atom stereocenters. The summed E-state index contributed by atoms with van der Waals surface area (Å²) in [5.41, 5.74) is 3.77. The molecule has 0 saturated heterocycles. The Bertz CT molecular complexity index is 637. The number of rotatable bonds is 3. The Labute approximate surface area is 162 Å². The van der Waals surface area contributed by atoms with Crippen molar-refractivity contribution in [2.45, 2.75) is 40.0 Å². The molecule has 0 spiro atoms. The monoisotopic (exact) mass is 366 g/mol. The van der Waals surface area contributed by atoms with Crippen LogP contribution in [0.4, 0.5) is 0 Å². The van der Waals surface area contributed by atoms with Gasteiger partial charge < -0.3 is 15.3 Å². The van der Waals surface area contributed by atoms with Gasteiger partial charge in [0.05, 0.1) is 0 Å². The Kier molecular flexibility index (Phi) is 10.2. The molecular weight excluding hydrogens is 336 g/mol. The molecule has 0 aliphatic rings. The van der Waals surface area contributed by atoms with E-state index in [1.165, 1.54) is 16.7 Å². The van der Waals surface area contributed by atoms with Gasteiger partial charge in [0, 0.05) is 0 Å². The van der Waals surface area contributed by atoms with Crippen LogP contribution < -0.4 is 0 Å². The first-order valence-electron chi connectivity index (χ1n) is 9.32. The van der Waals surface area contributed by atoms with Gasteiger partial charge in [-0.1, -0.05) is 57.2 Å². The fourth-order valence-electron chi connectivity index (χ4n) is 2.19. The van der Waals surface area contributed by atoms with Crippen molar-refractivity contribution < 1.29 is 15.3 Å². The van der Waals surface area contributed by atoms with Gasteiger partial charge in [0.15, 0.2) is 0 Å². The van der Waals surface area contributed by atoms with E-state index in [4.69, 9.17) is 15.3 Å². The van der Waals surface area contributed by atoms with Crippen molar-refractivity contribution >= 4 is 0 Å². The van der Waals surface area contributed by atoms with Crippen molar-refractivity contribution in [3.05, 3.63) is 89.5 Å². The van der Waals surface area contributed by atoms with Gasteiger partial charge in [-0.3, -0.25) is 0 Å². The lowest BCUT2D eigenvalue weighted by atomic mass is 10.2. The minimum Gasteiger partial charge on any atom is -0.508 e. The Morgan fingerprint density at radius 2 is 0.593 bits per heavy atom. The highest BCUT2D eigenvalue weighted by Gasteiger charge is 1.88. The molecule has 3 aromatic carbocycles. The molecule has 0 aliphatic carbocycles. The third kappa shape index (κ3) is 9.36. The first-order chi connectivity index (χ1) is 13.0. The van der Waals surface area contributed by atoms with Crippen molar-refractivity contribution in [1.82, 2.24) is 0 Å². The maximum Gasteiger partial charge on any atom is 0.115 e. The molecule has 0 bridgehead atoms. The Morgan fingerprint density at radius 1 is 0.407 bits per heavy atom. The van der Waals surface area contributed by atoms with E-state index in [0.717, 1.165) is 19.3 Å². The fraction of sp³-hybridized carbons (Fsp3) is 0.250. The Morgan fingerprint density at radius 3 is 0.741 bits per heavy atom. The molecular formula is C24H30O3. The minimum absolute atomic E-state index is 0.340. The third-order valence-corrected chi connectivity index (χ3v) is 4.03. The quantitative estimate of drug-likeness (QED) is 0.544. The van der Waals surface area contributed by atoms with Crippen LogP contribution in [0.3, 0.4) is 0 Å². The molecule has 3 rings (SSSR count). The van der Waals surface area contributed by atoms with Gasteiger partial charge >= 0.3 is 0 Å². The van der Waals surface area contributed by atoms with E-state index in [0.29, 0.717) is 17.2 Å². The zero-order valence-corrected chi connectivity index (χ0v) is 16.4. The van der Waals surface area contributed by atoms with Gasteiger partial charge in [0.1, 0.15) is 17.2 Å². The number of hydrogen-bond acceptors (Lipinski definition) is 3. The predicted molar refractivity (Wildman–Crippen MR) is 112 cm³/mol. The Balaban J connectivity index is 0.000000202. The maximum absolute atomic E-state index is 8.85. The SMILES string of the molecule is CCc1ccc(O)cc1.CCc1ccc(O)cc1.CCc1ccc(O)cc1. The van der Waals surface area contributed by atoms with Crippen LogP contribution in [0.1, 0.15) is 37.5 Å². The average molecular weight is 367 g/mol. The van der Waals surface area contributed by atoms with E-state index in [2.05, 4.69) is 20.8 Å². The summed E-state index contributed by atoms with van der Waals surface area (Å²) in [7, 11) is 0. The maximum atomic E-state index is 8.85. The van der Waals surface area contributed by atoms with Crippen LogP contribution >= 0.6 is 0 Å². The highest BCUT2D eigenvalue weighted by atomic mass is 16.3. The van der Waals surface area contributed by atoms with Crippen LogP contribution in [-0.4, -0.2) is 15.3 Å². The first-order valence-corrected chi connectivity index (χ1v) is 9.32. The van der Waals surface area contributed by atoms with E-state index in [-0.39, 0.29) is 0 Å². The van der Waals surface area contributed by atoms with Crippen molar-refractivity contribution in [3.8, 4) is 17.2 Å². The molecule has 3 nitrogen and oxygen atoms in total. The number of phenols is 3. The molecule has 0 saturated carbocycles. The fourth-order valence-corrected chi connectivity index (χ4v) is 2.19. The molecule has 3 aromatic rings. The van der Waals surface area contributed by atoms with E-state index >= 15 is 0 Å². The molecule has 0 heterocycles. The second-order valence-corrected chi connectivity index (χ2v) is 6.06. The molecule has 0 unspecified atom stereocenters. The first kappa shape index (κ1) is 22.1. The zero-order valence-electron chi connectivity index (χ0n) is 16.4. The number of benzene rings is 3. The minimum atomic E-state index is 0.340. The molecule has 144 valence electrons. The van der Waals surface area contributed by atoms with Gasteiger partial charge in [-0.2, -0.15) is 0 Å². The highest BCUT2D eigenvalue weighted by molar-refractivity contribution is 5.26. The number of aryl methyl sites for hydroxylation is 3. The summed E-state index contributed by atoms with van der Waals surface area (Å²) in [5, 5.41) is 26.6. The number of hydrogen-bond donors (Lipinski definition) is 3. The smallest absolute Gasteiger partial charge is 0.115 e. The van der Waals surface area contributed by atoms with Crippen molar-refractivity contribution in [1.29, 1.82) is 0 Å². The van der Waals surface area contributed by atoms with E-state index in [9.17, 15) is 0 Å². The van der Waals surface area contributed by atoms with Gasteiger partial charge in [0.25, 0.3) is 0 Å². The lowest BCUT2D eigenvalue weighted by Gasteiger charge is -1.93. The van der Waals surface area contributed by atoms with E-state index < -0.39 is 0 Å². The summed E-state index contributed by atoms with van der Waals surface area (Å²) in [6.07, 6.45) is 3.08. The molecule has 3 N–H and O–H groups in total. The summed E-state index contributed by atoms with van der Waals surface area (Å²) in [6.45, 7) is 6.27. The Hall–Kier alpha value is -2.94. The zero-order chi connectivity index (χ0) is 20.1. The molecule has 3 heteroatoms. The normalized spacial score (nSPS) is 9.44. The van der Waals surface area contributed by atoms with E-state index in [1.807, 2.05) is 36.4 Å². The van der Waals surface area contributed by atoms with Crippen molar-refractivity contribution in [2.24, 2.45) is 0 Å². The summed E-state index contributed by atoms with van der Waals surface area (Å²) in [6, 6.07) is 21.8. The van der Waals surface area contributed by atoms with Crippen LogP contribution in [0.15, 0.2) is 72.8 Å². The predicted octanol–water partition coefficient (Wildman–Crippen LogP) is 5.86. The van der Waals surface area contributed by atoms with Crippen LogP contribution in [0.25, 0.3) is 0 Å². The molecule has 0 amide bonds. The lowest BCUT2D eigenvalue weighted by molar-refractivity contribution is 0.474. The summed E-state index contributed by atoms with van der Waals surface area (Å²) in [5.74, 6) is 1.02. The van der Waals surface area contributed by atoms with Crippen LogP contribution in [0, 0.1) is 0 Å².